The lowest BCUT2D eigenvalue weighted by atomic mass is 10.1. The Bertz CT molecular complexity index is 625. The standard InChI is InChI=1S/C16H17ClN2O2S/c17-14-4-1-7-18-16(14)21-12-5-8-19(9-6-12)15(20)11-13-3-2-10-22-13/h1-4,7,10,12H,5-6,8-9,11H2. The van der Waals surface area contributed by atoms with E-state index in [1.165, 1.54) is 0 Å². The molecular formula is C16H17ClN2O2S. The number of thiophene rings is 1. The number of carbonyl (C=O) groups is 1. The maximum Gasteiger partial charge on any atom is 0.232 e. The van der Waals surface area contributed by atoms with Crippen LogP contribution in [0.25, 0.3) is 0 Å². The highest BCUT2D eigenvalue weighted by molar-refractivity contribution is 7.10. The second-order valence-electron chi connectivity index (χ2n) is 5.24. The number of aromatic nitrogens is 1. The fourth-order valence-electron chi connectivity index (χ4n) is 2.51. The Balaban J connectivity index is 1.50. The molecule has 0 aliphatic carbocycles. The zero-order valence-corrected chi connectivity index (χ0v) is 13.6. The number of nitrogens with zero attached hydrogens (tertiary/aromatic N) is 2. The highest BCUT2D eigenvalue weighted by atomic mass is 35.5. The molecule has 3 heterocycles. The fourth-order valence-corrected chi connectivity index (χ4v) is 3.37. The molecule has 1 aliphatic heterocycles. The van der Waals surface area contributed by atoms with Crippen molar-refractivity contribution in [3.63, 3.8) is 0 Å². The van der Waals surface area contributed by atoms with Crippen LogP contribution in [0.2, 0.25) is 5.02 Å². The average molecular weight is 337 g/mol. The van der Waals surface area contributed by atoms with Crippen molar-refractivity contribution < 1.29 is 9.53 Å². The molecule has 3 rings (SSSR count). The van der Waals surface area contributed by atoms with Gasteiger partial charge in [-0.2, -0.15) is 0 Å². The SMILES string of the molecule is O=C(Cc1cccs1)N1CCC(Oc2ncccc2Cl)CC1. The minimum atomic E-state index is 0.0678. The lowest BCUT2D eigenvalue weighted by molar-refractivity contribution is -0.132. The number of hydrogen-bond acceptors (Lipinski definition) is 4. The van der Waals surface area contributed by atoms with Gasteiger partial charge in [0.1, 0.15) is 11.1 Å². The third-order valence-corrected chi connectivity index (χ3v) is 4.87. The van der Waals surface area contributed by atoms with Crippen molar-refractivity contribution in [1.82, 2.24) is 9.88 Å². The molecule has 0 bridgehead atoms. The lowest BCUT2D eigenvalue weighted by Gasteiger charge is -2.32. The van der Waals surface area contributed by atoms with Crippen molar-refractivity contribution in [3.8, 4) is 5.88 Å². The summed E-state index contributed by atoms with van der Waals surface area (Å²) >= 11 is 7.68. The van der Waals surface area contributed by atoms with Crippen molar-refractivity contribution in [3.05, 3.63) is 45.7 Å². The van der Waals surface area contributed by atoms with Gasteiger partial charge in [0.05, 0.1) is 6.42 Å². The molecule has 1 saturated heterocycles. The van der Waals surface area contributed by atoms with Gasteiger partial charge in [-0.15, -0.1) is 11.3 Å². The van der Waals surface area contributed by atoms with Gasteiger partial charge in [-0.25, -0.2) is 4.98 Å². The molecule has 1 aliphatic rings. The van der Waals surface area contributed by atoms with Crippen molar-refractivity contribution in [1.29, 1.82) is 0 Å². The van der Waals surface area contributed by atoms with Crippen LogP contribution in [-0.4, -0.2) is 35.0 Å². The number of likely N-dealkylation sites (tertiary alicyclic amines) is 1. The summed E-state index contributed by atoms with van der Waals surface area (Å²) in [5.74, 6) is 0.671. The van der Waals surface area contributed by atoms with Crippen LogP contribution in [0.5, 0.6) is 5.88 Å². The van der Waals surface area contributed by atoms with Crippen molar-refractivity contribution in [2.24, 2.45) is 0 Å². The Morgan fingerprint density at radius 2 is 2.18 bits per heavy atom. The summed E-state index contributed by atoms with van der Waals surface area (Å²) < 4.78 is 5.84. The Labute approximate surface area is 138 Å². The molecular weight excluding hydrogens is 320 g/mol. The van der Waals surface area contributed by atoms with E-state index in [4.69, 9.17) is 16.3 Å². The summed E-state index contributed by atoms with van der Waals surface area (Å²) in [5.41, 5.74) is 0. The van der Waals surface area contributed by atoms with Gasteiger partial charge in [-0.05, 0) is 23.6 Å². The molecule has 116 valence electrons. The van der Waals surface area contributed by atoms with Crippen LogP contribution < -0.4 is 4.74 Å². The molecule has 0 unspecified atom stereocenters. The summed E-state index contributed by atoms with van der Waals surface area (Å²) in [6, 6.07) is 7.52. The average Bonchev–Trinajstić information content (AvgIpc) is 3.03. The number of piperidine rings is 1. The van der Waals surface area contributed by atoms with Crippen LogP contribution in [0.3, 0.4) is 0 Å². The number of amides is 1. The number of ether oxygens (including phenoxy) is 1. The molecule has 1 amide bonds. The molecule has 0 atom stereocenters. The largest absolute Gasteiger partial charge is 0.473 e. The summed E-state index contributed by atoms with van der Waals surface area (Å²) in [6.07, 6.45) is 3.85. The first kappa shape index (κ1) is 15.3. The smallest absolute Gasteiger partial charge is 0.232 e. The summed E-state index contributed by atoms with van der Waals surface area (Å²) in [4.78, 5) is 19.4. The zero-order chi connectivity index (χ0) is 15.4. The predicted octanol–water partition coefficient (Wildman–Crippen LogP) is 3.41. The maximum atomic E-state index is 12.2. The number of hydrogen-bond donors (Lipinski definition) is 0. The van der Waals surface area contributed by atoms with Crippen LogP contribution in [-0.2, 0) is 11.2 Å². The second-order valence-corrected chi connectivity index (χ2v) is 6.68. The van der Waals surface area contributed by atoms with Gasteiger partial charge in [0.25, 0.3) is 0 Å². The van der Waals surface area contributed by atoms with Gasteiger partial charge in [-0.1, -0.05) is 17.7 Å². The van der Waals surface area contributed by atoms with Crippen molar-refractivity contribution in [2.45, 2.75) is 25.4 Å². The van der Waals surface area contributed by atoms with Crippen LogP contribution in [0.15, 0.2) is 35.8 Å². The van der Waals surface area contributed by atoms with Gasteiger partial charge in [0, 0.05) is 37.0 Å². The van der Waals surface area contributed by atoms with E-state index in [2.05, 4.69) is 4.98 Å². The van der Waals surface area contributed by atoms with Gasteiger partial charge in [0.15, 0.2) is 0 Å². The Morgan fingerprint density at radius 3 is 2.86 bits per heavy atom. The molecule has 1 fully saturated rings. The number of rotatable bonds is 4. The molecule has 2 aromatic rings. The van der Waals surface area contributed by atoms with Crippen LogP contribution in [0.4, 0.5) is 0 Å². The molecule has 0 saturated carbocycles. The fraction of sp³-hybridized carbons (Fsp3) is 0.375. The lowest BCUT2D eigenvalue weighted by Crippen LogP contribution is -2.42. The first-order valence-corrected chi connectivity index (χ1v) is 8.55. The monoisotopic (exact) mass is 336 g/mol. The van der Waals surface area contributed by atoms with Crippen LogP contribution in [0.1, 0.15) is 17.7 Å². The highest BCUT2D eigenvalue weighted by Crippen LogP contribution is 2.24. The van der Waals surface area contributed by atoms with Crippen molar-refractivity contribution in [2.75, 3.05) is 13.1 Å². The molecule has 0 spiro atoms. The molecule has 6 heteroatoms. The summed E-state index contributed by atoms with van der Waals surface area (Å²) in [5, 5.41) is 2.53. The molecule has 0 aromatic carbocycles. The van der Waals surface area contributed by atoms with E-state index in [9.17, 15) is 4.79 Å². The molecule has 2 aromatic heterocycles. The number of halogens is 1. The van der Waals surface area contributed by atoms with E-state index < -0.39 is 0 Å². The highest BCUT2D eigenvalue weighted by Gasteiger charge is 2.24. The van der Waals surface area contributed by atoms with E-state index in [0.29, 0.717) is 17.3 Å². The van der Waals surface area contributed by atoms with Gasteiger partial charge in [0.2, 0.25) is 11.8 Å². The van der Waals surface area contributed by atoms with Gasteiger partial charge >= 0.3 is 0 Å². The quantitative estimate of drug-likeness (QED) is 0.859. The van der Waals surface area contributed by atoms with E-state index in [1.807, 2.05) is 22.4 Å². The number of carbonyl (C=O) groups excluding carboxylic acids is 1. The molecule has 0 N–H and O–H groups in total. The zero-order valence-electron chi connectivity index (χ0n) is 12.1. The van der Waals surface area contributed by atoms with Crippen LogP contribution in [0, 0.1) is 0 Å². The Morgan fingerprint density at radius 1 is 1.36 bits per heavy atom. The molecule has 22 heavy (non-hydrogen) atoms. The third kappa shape index (κ3) is 3.78. The minimum absolute atomic E-state index is 0.0678. The van der Waals surface area contributed by atoms with E-state index >= 15 is 0 Å². The summed E-state index contributed by atoms with van der Waals surface area (Å²) in [7, 11) is 0. The molecule has 4 nitrogen and oxygen atoms in total. The van der Waals surface area contributed by atoms with Crippen molar-refractivity contribution >= 4 is 28.8 Å². The Hall–Kier alpha value is -1.59. The topological polar surface area (TPSA) is 42.4 Å². The third-order valence-electron chi connectivity index (χ3n) is 3.70. The molecule has 0 radical (unpaired) electrons. The minimum Gasteiger partial charge on any atom is -0.473 e. The maximum absolute atomic E-state index is 12.2. The normalized spacial score (nSPS) is 15.8. The first-order chi connectivity index (χ1) is 10.7. The summed E-state index contributed by atoms with van der Waals surface area (Å²) in [6.45, 7) is 1.44. The van der Waals surface area contributed by atoms with Gasteiger partial charge < -0.3 is 9.64 Å². The van der Waals surface area contributed by atoms with Crippen LogP contribution >= 0.6 is 22.9 Å². The van der Waals surface area contributed by atoms with Gasteiger partial charge in [-0.3, -0.25) is 4.79 Å². The second kappa shape index (κ2) is 7.11. The number of pyridine rings is 1. The Kier molecular flexibility index (Phi) is 4.95. The first-order valence-electron chi connectivity index (χ1n) is 7.29. The van der Waals surface area contributed by atoms with E-state index in [-0.39, 0.29) is 12.0 Å². The van der Waals surface area contributed by atoms with E-state index in [1.54, 1.807) is 29.7 Å². The van der Waals surface area contributed by atoms with E-state index in [0.717, 1.165) is 30.8 Å². The predicted molar refractivity (Wildman–Crippen MR) is 87.5 cm³/mol.